The highest BCUT2D eigenvalue weighted by Crippen LogP contribution is 2.34. The molecule has 0 saturated heterocycles. The summed E-state index contributed by atoms with van der Waals surface area (Å²) in [6.07, 6.45) is -3.84. The predicted molar refractivity (Wildman–Crippen MR) is 122 cm³/mol. The maximum atomic E-state index is 13.8. The Hall–Kier alpha value is -3.17. The Morgan fingerprint density at radius 2 is 1.76 bits per heavy atom. The van der Waals surface area contributed by atoms with E-state index in [1.54, 1.807) is 24.3 Å². The van der Waals surface area contributed by atoms with E-state index in [0.29, 0.717) is 10.0 Å². The molecule has 0 bridgehead atoms. The lowest BCUT2D eigenvalue weighted by atomic mass is 10.1. The molecular formula is C23H18ClF3N4OS. The lowest BCUT2D eigenvalue weighted by molar-refractivity contribution is -0.143. The third kappa shape index (κ3) is 4.94. The number of alkyl halides is 3. The second kappa shape index (κ2) is 8.99. The second-order valence-electron chi connectivity index (χ2n) is 7.35. The monoisotopic (exact) mass is 490 g/mol. The van der Waals surface area contributed by atoms with Gasteiger partial charge in [-0.25, -0.2) is 9.67 Å². The fraction of sp³-hybridized carbons (Fsp3) is 0.174. The van der Waals surface area contributed by atoms with Crippen molar-refractivity contribution in [2.24, 2.45) is 0 Å². The van der Waals surface area contributed by atoms with Gasteiger partial charge < -0.3 is 5.32 Å². The SMILES string of the molecule is Cc1ccc(-n2ncc(C(=O)NCc3nc(-c4ccc(Cl)cc4)c(C)s3)c2C(F)(F)F)cc1. The first-order valence-corrected chi connectivity index (χ1v) is 11.1. The van der Waals surface area contributed by atoms with Gasteiger partial charge in [0.05, 0.1) is 29.7 Å². The summed E-state index contributed by atoms with van der Waals surface area (Å²) in [5.74, 6) is -0.874. The van der Waals surface area contributed by atoms with Gasteiger partial charge in [0, 0.05) is 15.5 Å². The van der Waals surface area contributed by atoms with Gasteiger partial charge in [-0.1, -0.05) is 41.4 Å². The fourth-order valence-corrected chi connectivity index (χ4v) is 4.34. The molecule has 2 aromatic carbocycles. The molecule has 1 amide bonds. The molecule has 0 saturated carbocycles. The number of rotatable bonds is 5. The molecule has 0 atom stereocenters. The molecule has 5 nitrogen and oxygen atoms in total. The molecule has 1 N–H and O–H groups in total. The number of hydrogen-bond acceptors (Lipinski definition) is 4. The summed E-state index contributed by atoms with van der Waals surface area (Å²) in [6, 6.07) is 13.6. The van der Waals surface area contributed by atoms with Crippen molar-refractivity contribution in [3.63, 3.8) is 0 Å². The zero-order valence-electron chi connectivity index (χ0n) is 17.6. The molecule has 2 heterocycles. The largest absolute Gasteiger partial charge is 0.434 e. The lowest BCUT2D eigenvalue weighted by Gasteiger charge is -2.13. The number of nitrogens with zero attached hydrogens (tertiary/aromatic N) is 3. The summed E-state index contributed by atoms with van der Waals surface area (Å²) in [7, 11) is 0. The summed E-state index contributed by atoms with van der Waals surface area (Å²) in [5.41, 5.74) is 1.05. The maximum absolute atomic E-state index is 13.8. The van der Waals surface area contributed by atoms with Crippen LogP contribution in [0, 0.1) is 13.8 Å². The van der Waals surface area contributed by atoms with Gasteiger partial charge in [-0.05, 0) is 38.1 Å². The Morgan fingerprint density at radius 1 is 1.09 bits per heavy atom. The quantitative estimate of drug-likeness (QED) is 0.361. The number of thiazole rings is 1. The molecule has 2 aromatic heterocycles. The minimum absolute atomic E-state index is 0.00899. The molecule has 0 aliphatic rings. The first-order chi connectivity index (χ1) is 15.6. The number of hydrogen-bond donors (Lipinski definition) is 1. The number of carbonyl (C=O) groups excluding carboxylic acids is 1. The van der Waals surface area contributed by atoms with E-state index < -0.39 is 23.3 Å². The number of carbonyl (C=O) groups is 1. The Bertz CT molecular complexity index is 1290. The molecule has 170 valence electrons. The van der Waals surface area contributed by atoms with Gasteiger partial charge >= 0.3 is 6.18 Å². The van der Waals surface area contributed by atoms with Crippen LogP contribution < -0.4 is 5.32 Å². The number of benzene rings is 2. The summed E-state index contributed by atoms with van der Waals surface area (Å²) >= 11 is 7.29. The van der Waals surface area contributed by atoms with Crippen LogP contribution in [0.4, 0.5) is 13.2 Å². The summed E-state index contributed by atoms with van der Waals surface area (Å²) < 4.78 is 42.3. The van der Waals surface area contributed by atoms with Crippen molar-refractivity contribution in [2.75, 3.05) is 0 Å². The standard InChI is InChI=1S/C23H18ClF3N4OS/c1-13-3-9-17(10-4-13)31-21(23(25,26)27)18(11-29-31)22(32)28-12-19-30-20(14(2)33-19)15-5-7-16(24)8-6-15/h3-11H,12H2,1-2H3,(H,28,32). The van der Waals surface area contributed by atoms with Crippen molar-refractivity contribution in [2.45, 2.75) is 26.6 Å². The molecule has 4 rings (SSSR count). The topological polar surface area (TPSA) is 59.8 Å². The van der Waals surface area contributed by atoms with Crippen molar-refractivity contribution in [3.05, 3.63) is 86.5 Å². The molecule has 0 aliphatic heterocycles. The van der Waals surface area contributed by atoms with E-state index in [1.807, 2.05) is 26.0 Å². The predicted octanol–water partition coefficient (Wildman–Crippen LogP) is 6.21. The lowest BCUT2D eigenvalue weighted by Crippen LogP contribution is -2.26. The molecular weight excluding hydrogens is 473 g/mol. The van der Waals surface area contributed by atoms with Crippen LogP contribution in [0.1, 0.15) is 31.5 Å². The summed E-state index contributed by atoms with van der Waals surface area (Å²) in [5, 5.41) is 7.55. The summed E-state index contributed by atoms with van der Waals surface area (Å²) in [4.78, 5) is 18.1. The van der Waals surface area contributed by atoms with E-state index in [2.05, 4.69) is 15.4 Å². The van der Waals surface area contributed by atoms with Crippen molar-refractivity contribution < 1.29 is 18.0 Å². The van der Waals surface area contributed by atoms with Gasteiger partial charge in [0.2, 0.25) is 0 Å². The van der Waals surface area contributed by atoms with Gasteiger partial charge in [0.25, 0.3) is 5.91 Å². The van der Waals surface area contributed by atoms with E-state index in [1.165, 1.54) is 23.5 Å². The minimum atomic E-state index is -4.77. The second-order valence-corrected chi connectivity index (χ2v) is 9.08. The normalized spacial score (nSPS) is 11.6. The maximum Gasteiger partial charge on any atom is 0.434 e. The van der Waals surface area contributed by atoms with E-state index in [-0.39, 0.29) is 12.2 Å². The zero-order valence-corrected chi connectivity index (χ0v) is 19.1. The first-order valence-electron chi connectivity index (χ1n) is 9.86. The van der Waals surface area contributed by atoms with Crippen LogP contribution in [0.5, 0.6) is 0 Å². The van der Waals surface area contributed by atoms with E-state index >= 15 is 0 Å². The Kier molecular flexibility index (Phi) is 6.27. The van der Waals surface area contributed by atoms with Gasteiger partial charge in [0.15, 0.2) is 5.69 Å². The molecule has 0 fully saturated rings. The minimum Gasteiger partial charge on any atom is -0.345 e. The van der Waals surface area contributed by atoms with Crippen LogP contribution in [-0.4, -0.2) is 20.7 Å². The van der Waals surface area contributed by atoms with Gasteiger partial charge in [-0.2, -0.15) is 18.3 Å². The molecule has 0 spiro atoms. The van der Waals surface area contributed by atoms with Crippen molar-refractivity contribution in [1.29, 1.82) is 0 Å². The highest BCUT2D eigenvalue weighted by molar-refractivity contribution is 7.12. The Labute approximate surface area is 196 Å². The number of halogens is 4. The number of aryl methyl sites for hydroxylation is 2. The number of aromatic nitrogens is 3. The smallest absolute Gasteiger partial charge is 0.345 e. The molecule has 0 aliphatic carbocycles. The Balaban J connectivity index is 1.56. The van der Waals surface area contributed by atoms with Crippen LogP contribution in [0.2, 0.25) is 5.02 Å². The van der Waals surface area contributed by atoms with Crippen molar-refractivity contribution in [3.8, 4) is 16.9 Å². The molecule has 0 unspecified atom stereocenters. The van der Waals surface area contributed by atoms with Crippen LogP contribution in [0.3, 0.4) is 0 Å². The average Bonchev–Trinajstić information content (AvgIpc) is 3.37. The van der Waals surface area contributed by atoms with Gasteiger partial charge in [-0.15, -0.1) is 11.3 Å². The van der Waals surface area contributed by atoms with Crippen LogP contribution in [-0.2, 0) is 12.7 Å². The highest BCUT2D eigenvalue weighted by atomic mass is 35.5. The van der Waals surface area contributed by atoms with E-state index in [4.69, 9.17) is 11.6 Å². The molecule has 33 heavy (non-hydrogen) atoms. The highest BCUT2D eigenvalue weighted by Gasteiger charge is 2.40. The molecule has 0 radical (unpaired) electrons. The molecule has 4 aromatic rings. The van der Waals surface area contributed by atoms with Crippen molar-refractivity contribution in [1.82, 2.24) is 20.1 Å². The zero-order chi connectivity index (χ0) is 23.8. The molecule has 10 heteroatoms. The third-order valence-corrected chi connectivity index (χ3v) is 6.14. The van der Waals surface area contributed by atoms with Crippen molar-refractivity contribution >= 4 is 28.8 Å². The van der Waals surface area contributed by atoms with E-state index in [9.17, 15) is 18.0 Å². The Morgan fingerprint density at radius 3 is 2.39 bits per heavy atom. The number of nitrogens with one attached hydrogen (secondary N) is 1. The first kappa shape index (κ1) is 23.0. The fourth-order valence-electron chi connectivity index (χ4n) is 3.32. The third-order valence-electron chi connectivity index (χ3n) is 4.92. The van der Waals surface area contributed by atoms with Gasteiger partial charge in [0.1, 0.15) is 5.01 Å². The van der Waals surface area contributed by atoms with Crippen LogP contribution in [0.25, 0.3) is 16.9 Å². The average molecular weight is 491 g/mol. The number of amides is 1. The summed E-state index contributed by atoms with van der Waals surface area (Å²) in [6.45, 7) is 3.71. The van der Waals surface area contributed by atoms with Crippen LogP contribution >= 0.6 is 22.9 Å². The van der Waals surface area contributed by atoms with Crippen LogP contribution in [0.15, 0.2) is 54.7 Å². The van der Waals surface area contributed by atoms with E-state index in [0.717, 1.165) is 32.6 Å². The van der Waals surface area contributed by atoms with Gasteiger partial charge in [-0.3, -0.25) is 4.79 Å².